The molecule has 0 aliphatic rings. The van der Waals surface area contributed by atoms with E-state index in [-0.39, 0.29) is 17.0 Å². The first-order valence-electron chi connectivity index (χ1n) is 6.90. The van der Waals surface area contributed by atoms with E-state index in [1.807, 2.05) is 32.0 Å². The summed E-state index contributed by atoms with van der Waals surface area (Å²) in [6.45, 7) is 7.85. The molecular formula is C16H20N2O3. The van der Waals surface area contributed by atoms with Crippen molar-refractivity contribution in [1.82, 2.24) is 9.97 Å². The predicted molar refractivity (Wildman–Crippen MR) is 81.3 cm³/mol. The minimum atomic E-state index is -0.767. The van der Waals surface area contributed by atoms with Crippen molar-refractivity contribution < 1.29 is 9.84 Å². The van der Waals surface area contributed by atoms with Crippen molar-refractivity contribution in [3.05, 3.63) is 46.0 Å². The number of aromatic nitrogens is 2. The monoisotopic (exact) mass is 288 g/mol. The molecule has 112 valence electrons. The van der Waals surface area contributed by atoms with Gasteiger partial charge in [0.05, 0.1) is 0 Å². The number of ether oxygens (including phenoxy) is 1. The highest BCUT2D eigenvalue weighted by atomic mass is 16.5. The first-order chi connectivity index (χ1) is 9.85. The summed E-state index contributed by atoms with van der Waals surface area (Å²) in [7, 11) is 0. The highest BCUT2D eigenvalue weighted by Crippen LogP contribution is 2.27. The lowest BCUT2D eigenvalue weighted by molar-refractivity contribution is -0.0213. The highest BCUT2D eigenvalue weighted by Gasteiger charge is 2.26. The number of nitrogens with zero attached hydrogens (tertiary/aromatic N) is 1. The van der Waals surface area contributed by atoms with E-state index >= 15 is 0 Å². The molecule has 0 spiro atoms. The molecule has 0 aliphatic heterocycles. The molecule has 21 heavy (non-hydrogen) atoms. The van der Waals surface area contributed by atoms with Crippen molar-refractivity contribution in [3.8, 4) is 17.0 Å². The summed E-state index contributed by atoms with van der Waals surface area (Å²) in [6.07, 6.45) is 0. The number of rotatable bonds is 4. The van der Waals surface area contributed by atoms with E-state index in [2.05, 4.69) is 9.97 Å². The van der Waals surface area contributed by atoms with Crippen molar-refractivity contribution in [1.29, 1.82) is 0 Å². The quantitative estimate of drug-likeness (QED) is 0.907. The van der Waals surface area contributed by atoms with Crippen LogP contribution in [0, 0.1) is 6.92 Å². The first kappa shape index (κ1) is 15.3. The van der Waals surface area contributed by atoms with Crippen molar-refractivity contribution in [2.24, 2.45) is 0 Å². The van der Waals surface area contributed by atoms with Crippen LogP contribution in [0.2, 0.25) is 0 Å². The molecule has 2 rings (SSSR count). The molecule has 1 aromatic heterocycles. The maximum atomic E-state index is 12.3. The summed E-state index contributed by atoms with van der Waals surface area (Å²) in [5.74, 6) is 0.0235. The number of aryl methyl sites for hydroxylation is 1. The average Bonchev–Trinajstić information content (AvgIpc) is 2.37. The van der Waals surface area contributed by atoms with Gasteiger partial charge in [0.2, 0.25) is 5.88 Å². The molecule has 0 unspecified atom stereocenters. The second-order valence-corrected chi connectivity index (χ2v) is 5.43. The minimum absolute atomic E-state index is 0.176. The van der Waals surface area contributed by atoms with Crippen molar-refractivity contribution >= 4 is 0 Å². The fourth-order valence-corrected chi connectivity index (χ4v) is 2.24. The van der Waals surface area contributed by atoms with E-state index in [0.717, 1.165) is 5.56 Å². The Morgan fingerprint density at radius 1 is 1.38 bits per heavy atom. The van der Waals surface area contributed by atoms with Gasteiger partial charge in [-0.25, -0.2) is 0 Å². The summed E-state index contributed by atoms with van der Waals surface area (Å²) >= 11 is 0. The Morgan fingerprint density at radius 3 is 2.67 bits per heavy atom. The van der Waals surface area contributed by atoms with E-state index in [1.165, 1.54) is 0 Å². The van der Waals surface area contributed by atoms with Gasteiger partial charge in [-0.3, -0.25) is 4.79 Å². The van der Waals surface area contributed by atoms with Crippen LogP contribution in [0.1, 0.15) is 32.2 Å². The fourth-order valence-electron chi connectivity index (χ4n) is 2.24. The summed E-state index contributed by atoms with van der Waals surface area (Å²) in [4.78, 5) is 19.1. The number of nitrogens with one attached hydrogen (secondary N) is 1. The minimum Gasteiger partial charge on any atom is -0.493 e. The molecule has 0 radical (unpaired) electrons. The summed E-state index contributed by atoms with van der Waals surface area (Å²) in [5.41, 5.74) is 0.675. The lowest BCUT2D eigenvalue weighted by Gasteiger charge is -2.23. The van der Waals surface area contributed by atoms with E-state index in [9.17, 15) is 9.90 Å². The Hall–Kier alpha value is -2.14. The number of H-pyrrole nitrogens is 1. The van der Waals surface area contributed by atoms with Gasteiger partial charge in [-0.15, -0.1) is 0 Å². The number of hydrogen-bond donors (Lipinski definition) is 2. The van der Waals surface area contributed by atoms with Gasteiger partial charge in [-0.1, -0.05) is 29.8 Å². The number of aromatic amines is 1. The van der Waals surface area contributed by atoms with Crippen LogP contribution in [-0.2, 0) is 10.3 Å². The molecule has 5 heteroatoms. The second-order valence-electron chi connectivity index (χ2n) is 5.43. The fraction of sp³-hybridized carbons (Fsp3) is 0.375. The lowest BCUT2D eigenvalue weighted by atomic mass is 10.0. The van der Waals surface area contributed by atoms with Gasteiger partial charge in [0.15, 0.2) is 0 Å². The number of benzene rings is 1. The van der Waals surface area contributed by atoms with Gasteiger partial charge in [0.25, 0.3) is 5.56 Å². The van der Waals surface area contributed by atoms with Gasteiger partial charge < -0.3 is 14.8 Å². The first-order valence-corrected chi connectivity index (χ1v) is 6.90. The smallest absolute Gasteiger partial charge is 0.262 e. The molecule has 0 atom stereocenters. The summed E-state index contributed by atoms with van der Waals surface area (Å²) < 4.78 is 5.55. The van der Waals surface area contributed by atoms with Gasteiger partial charge >= 0.3 is 0 Å². The predicted octanol–water partition coefficient (Wildman–Crippen LogP) is 2.72. The zero-order valence-electron chi connectivity index (χ0n) is 12.7. The molecular weight excluding hydrogens is 268 g/mol. The van der Waals surface area contributed by atoms with Gasteiger partial charge in [-0.2, -0.15) is 4.98 Å². The van der Waals surface area contributed by atoms with E-state index in [1.54, 1.807) is 19.9 Å². The van der Waals surface area contributed by atoms with Crippen molar-refractivity contribution in [2.45, 2.75) is 33.3 Å². The normalized spacial score (nSPS) is 11.6. The van der Waals surface area contributed by atoms with Gasteiger partial charge in [0, 0.05) is 6.61 Å². The van der Waals surface area contributed by atoms with Gasteiger partial charge in [-0.05, 0) is 33.3 Å². The Labute approximate surface area is 123 Å². The molecule has 0 saturated heterocycles. The molecule has 2 aromatic rings. The third-order valence-corrected chi connectivity index (χ3v) is 3.28. The molecule has 0 saturated carbocycles. The van der Waals surface area contributed by atoms with Crippen molar-refractivity contribution in [2.75, 3.05) is 6.61 Å². The Bertz CT molecular complexity index is 705. The van der Waals surface area contributed by atoms with Crippen LogP contribution in [0.25, 0.3) is 11.1 Å². The van der Waals surface area contributed by atoms with Gasteiger partial charge in [0.1, 0.15) is 17.0 Å². The molecule has 1 heterocycles. The van der Waals surface area contributed by atoms with Crippen LogP contribution in [0.4, 0.5) is 0 Å². The Morgan fingerprint density at radius 2 is 2.10 bits per heavy atom. The van der Waals surface area contributed by atoms with Crippen LogP contribution >= 0.6 is 0 Å². The summed E-state index contributed by atoms with van der Waals surface area (Å²) in [6, 6.07) is 7.36. The third kappa shape index (κ3) is 3.13. The Kier molecular flexibility index (Phi) is 4.14. The van der Waals surface area contributed by atoms with Crippen LogP contribution in [0.15, 0.2) is 29.1 Å². The zero-order valence-corrected chi connectivity index (χ0v) is 12.7. The SMILES string of the molecule is CCOC(C)(C)c1nc(O)c(-c2cccc(C)c2)c(=O)[nH]1. The topological polar surface area (TPSA) is 75.2 Å². The standard InChI is InChI=1S/C16H20N2O3/c1-5-21-16(3,4)15-17-13(19)12(14(20)18-15)11-8-6-7-10(2)9-11/h6-9H,5H2,1-4H3,(H2,17,18,19,20). The van der Waals surface area contributed by atoms with Crippen LogP contribution < -0.4 is 5.56 Å². The maximum absolute atomic E-state index is 12.3. The van der Waals surface area contributed by atoms with Crippen LogP contribution in [0.3, 0.4) is 0 Å². The number of hydrogen-bond acceptors (Lipinski definition) is 4. The second kappa shape index (κ2) is 5.69. The highest BCUT2D eigenvalue weighted by molar-refractivity contribution is 5.67. The van der Waals surface area contributed by atoms with E-state index in [0.29, 0.717) is 18.0 Å². The average molecular weight is 288 g/mol. The molecule has 0 fully saturated rings. The molecule has 5 nitrogen and oxygen atoms in total. The van der Waals surface area contributed by atoms with Crippen molar-refractivity contribution in [3.63, 3.8) is 0 Å². The molecule has 0 bridgehead atoms. The lowest BCUT2D eigenvalue weighted by Crippen LogP contribution is -2.28. The molecule has 2 N–H and O–H groups in total. The zero-order chi connectivity index (χ0) is 15.6. The van der Waals surface area contributed by atoms with E-state index in [4.69, 9.17) is 4.74 Å². The summed E-state index contributed by atoms with van der Waals surface area (Å²) in [5, 5.41) is 10.2. The Balaban J connectivity index is 2.55. The van der Waals surface area contributed by atoms with E-state index < -0.39 is 5.60 Å². The number of aromatic hydroxyl groups is 1. The van der Waals surface area contributed by atoms with Crippen LogP contribution in [0.5, 0.6) is 5.88 Å². The largest absolute Gasteiger partial charge is 0.493 e. The molecule has 1 aromatic carbocycles. The van der Waals surface area contributed by atoms with Crippen LogP contribution in [-0.4, -0.2) is 21.7 Å². The third-order valence-electron chi connectivity index (χ3n) is 3.28. The molecule has 0 amide bonds. The maximum Gasteiger partial charge on any atom is 0.262 e. The molecule has 0 aliphatic carbocycles.